The number of nitrogens with one attached hydrogen (secondary N) is 2. The normalized spacial score (nSPS) is 17.8. The Hall–Kier alpha value is -0.460. The van der Waals surface area contributed by atoms with Gasteiger partial charge in [-0.15, -0.1) is 35.3 Å². The van der Waals surface area contributed by atoms with Crippen molar-refractivity contribution in [2.45, 2.75) is 27.3 Å². The Kier molecular flexibility index (Phi) is 9.60. The summed E-state index contributed by atoms with van der Waals surface area (Å²) in [6.07, 6.45) is 0. The first-order valence-electron chi connectivity index (χ1n) is 8.27. The molecule has 144 valence electrons. The van der Waals surface area contributed by atoms with Crippen LogP contribution in [0, 0.1) is 13.8 Å². The number of rotatable bonds is 6. The van der Waals surface area contributed by atoms with E-state index in [1.54, 1.807) is 11.3 Å². The van der Waals surface area contributed by atoms with E-state index in [1.165, 1.54) is 4.88 Å². The molecule has 1 saturated heterocycles. The third-order valence-electron chi connectivity index (χ3n) is 3.95. The van der Waals surface area contributed by atoms with Crippen molar-refractivity contribution in [1.29, 1.82) is 0 Å². The van der Waals surface area contributed by atoms with Crippen molar-refractivity contribution in [2.24, 2.45) is 4.99 Å². The maximum absolute atomic E-state index is 11.4. The third-order valence-corrected chi connectivity index (χ3v) is 6.61. The minimum absolute atomic E-state index is 0. The van der Waals surface area contributed by atoms with Crippen molar-refractivity contribution in [1.82, 2.24) is 20.5 Å². The van der Waals surface area contributed by atoms with E-state index in [0.29, 0.717) is 19.6 Å². The van der Waals surface area contributed by atoms with Gasteiger partial charge < -0.3 is 10.6 Å². The molecule has 1 aliphatic heterocycles. The second-order valence-electron chi connectivity index (χ2n) is 5.86. The Balaban J connectivity index is 0.00000312. The molecule has 7 nitrogen and oxygen atoms in total. The molecular formula is C15H28IN5O2S2. The van der Waals surface area contributed by atoms with Crippen LogP contribution in [0.2, 0.25) is 0 Å². The first kappa shape index (κ1) is 22.6. The van der Waals surface area contributed by atoms with Crippen molar-refractivity contribution in [3.05, 3.63) is 15.6 Å². The quantitative estimate of drug-likeness (QED) is 0.346. The summed E-state index contributed by atoms with van der Waals surface area (Å²) in [4.78, 5) is 12.5. The van der Waals surface area contributed by atoms with E-state index < -0.39 is 9.84 Å². The predicted octanol–water partition coefficient (Wildman–Crippen LogP) is 1.16. The first-order valence-corrected chi connectivity index (χ1v) is 10.9. The molecular weight excluding hydrogens is 473 g/mol. The maximum Gasteiger partial charge on any atom is 0.191 e. The molecule has 0 spiro atoms. The molecule has 1 aromatic heterocycles. The molecule has 10 heteroatoms. The van der Waals surface area contributed by atoms with Crippen LogP contribution in [0.1, 0.15) is 22.5 Å². The van der Waals surface area contributed by atoms with Crippen molar-refractivity contribution in [3.8, 4) is 0 Å². The van der Waals surface area contributed by atoms with E-state index in [0.717, 1.165) is 36.3 Å². The lowest BCUT2D eigenvalue weighted by Crippen LogP contribution is -2.45. The lowest BCUT2D eigenvalue weighted by Gasteiger charge is -2.26. The van der Waals surface area contributed by atoms with Crippen LogP contribution in [0.4, 0.5) is 0 Å². The molecule has 2 rings (SSSR count). The van der Waals surface area contributed by atoms with Gasteiger partial charge in [-0.25, -0.2) is 18.4 Å². The summed E-state index contributed by atoms with van der Waals surface area (Å²) in [6.45, 7) is 10.3. The Morgan fingerprint density at radius 2 is 1.96 bits per heavy atom. The molecule has 0 aliphatic carbocycles. The fraction of sp³-hybridized carbons (Fsp3) is 0.733. The maximum atomic E-state index is 11.4. The number of thiazole rings is 1. The van der Waals surface area contributed by atoms with E-state index in [9.17, 15) is 8.42 Å². The molecule has 1 aliphatic rings. The van der Waals surface area contributed by atoms with Gasteiger partial charge in [0, 0.05) is 37.6 Å². The average Bonchev–Trinajstić information content (AvgIpc) is 2.85. The molecule has 0 amide bonds. The van der Waals surface area contributed by atoms with Crippen LogP contribution >= 0.6 is 35.3 Å². The number of guanidine groups is 1. The van der Waals surface area contributed by atoms with Crippen LogP contribution < -0.4 is 10.6 Å². The van der Waals surface area contributed by atoms with Gasteiger partial charge in [-0.1, -0.05) is 0 Å². The summed E-state index contributed by atoms with van der Waals surface area (Å²) in [7, 11) is -2.81. The smallest absolute Gasteiger partial charge is 0.191 e. The Labute approximate surface area is 171 Å². The topological polar surface area (TPSA) is 86.7 Å². The van der Waals surface area contributed by atoms with Crippen molar-refractivity contribution < 1.29 is 8.42 Å². The van der Waals surface area contributed by atoms with Gasteiger partial charge in [0.05, 0.1) is 23.7 Å². The summed E-state index contributed by atoms with van der Waals surface area (Å²) in [5, 5.41) is 7.55. The lowest BCUT2D eigenvalue weighted by molar-refractivity contribution is 0.299. The molecule has 2 heterocycles. The highest BCUT2D eigenvalue weighted by atomic mass is 127. The van der Waals surface area contributed by atoms with Crippen LogP contribution in [0.3, 0.4) is 0 Å². The molecule has 0 unspecified atom stereocenters. The molecule has 2 N–H and O–H groups in total. The highest BCUT2D eigenvalue weighted by molar-refractivity contribution is 14.0. The standard InChI is InChI=1S/C15H27N5O2S2.HI/c1-4-16-15(18-11-14-19-12(2)13(3)23-14)17-5-6-20-7-9-24(21,22)10-8-20;/h4-11H2,1-3H3,(H2,16,17,18);1H. The van der Waals surface area contributed by atoms with Gasteiger partial charge in [-0.3, -0.25) is 4.90 Å². The molecule has 0 radical (unpaired) electrons. The van der Waals surface area contributed by atoms with Crippen LogP contribution in [-0.4, -0.2) is 68.5 Å². The molecule has 0 bridgehead atoms. The fourth-order valence-electron chi connectivity index (χ4n) is 2.40. The summed E-state index contributed by atoms with van der Waals surface area (Å²) in [5.41, 5.74) is 1.07. The number of nitrogens with zero attached hydrogens (tertiary/aromatic N) is 3. The lowest BCUT2D eigenvalue weighted by atomic mass is 10.4. The summed E-state index contributed by atoms with van der Waals surface area (Å²) >= 11 is 1.68. The second kappa shape index (κ2) is 10.6. The first-order chi connectivity index (χ1) is 11.4. The number of halogens is 1. The molecule has 25 heavy (non-hydrogen) atoms. The van der Waals surface area contributed by atoms with Crippen molar-refractivity contribution in [3.63, 3.8) is 0 Å². The summed E-state index contributed by atoms with van der Waals surface area (Å²) in [6, 6.07) is 0. The number of hydrogen-bond donors (Lipinski definition) is 2. The highest BCUT2D eigenvalue weighted by Gasteiger charge is 2.20. The molecule has 0 aromatic carbocycles. The number of hydrogen-bond acceptors (Lipinski definition) is 6. The Bertz CT molecular complexity index is 642. The van der Waals surface area contributed by atoms with E-state index >= 15 is 0 Å². The Morgan fingerprint density at radius 3 is 2.52 bits per heavy atom. The number of sulfone groups is 1. The SMILES string of the molecule is CCNC(=NCc1nc(C)c(C)s1)NCCN1CCS(=O)(=O)CC1.I. The van der Waals surface area contributed by atoms with Crippen LogP contribution in [0.5, 0.6) is 0 Å². The zero-order chi connectivity index (χ0) is 17.6. The van der Waals surface area contributed by atoms with Crippen LogP contribution in [0.25, 0.3) is 0 Å². The molecule has 1 aromatic rings. The van der Waals surface area contributed by atoms with Crippen LogP contribution in [-0.2, 0) is 16.4 Å². The van der Waals surface area contributed by atoms with Gasteiger partial charge in [-0.05, 0) is 20.8 Å². The number of aliphatic imine (C=N–C) groups is 1. The minimum atomic E-state index is -2.81. The van der Waals surface area contributed by atoms with Crippen molar-refractivity contribution in [2.75, 3.05) is 44.2 Å². The second-order valence-corrected chi connectivity index (χ2v) is 9.46. The predicted molar refractivity (Wildman–Crippen MR) is 115 cm³/mol. The molecule has 0 saturated carbocycles. The molecule has 0 atom stereocenters. The average molecular weight is 501 g/mol. The van der Waals surface area contributed by atoms with E-state index in [2.05, 4.69) is 32.4 Å². The third kappa shape index (κ3) is 7.75. The van der Waals surface area contributed by atoms with E-state index in [-0.39, 0.29) is 35.5 Å². The van der Waals surface area contributed by atoms with E-state index in [1.807, 2.05) is 13.8 Å². The summed E-state index contributed by atoms with van der Waals surface area (Å²) in [5.74, 6) is 1.31. The minimum Gasteiger partial charge on any atom is -0.357 e. The van der Waals surface area contributed by atoms with Crippen LogP contribution in [0.15, 0.2) is 4.99 Å². The van der Waals surface area contributed by atoms with Gasteiger partial charge in [0.2, 0.25) is 0 Å². The van der Waals surface area contributed by atoms with Crippen molar-refractivity contribution >= 4 is 51.1 Å². The van der Waals surface area contributed by atoms with Gasteiger partial charge in [0.15, 0.2) is 15.8 Å². The Morgan fingerprint density at radius 1 is 1.28 bits per heavy atom. The van der Waals surface area contributed by atoms with Gasteiger partial charge in [0.1, 0.15) is 5.01 Å². The monoisotopic (exact) mass is 501 g/mol. The highest BCUT2D eigenvalue weighted by Crippen LogP contribution is 2.16. The van der Waals surface area contributed by atoms with Gasteiger partial charge in [0.25, 0.3) is 0 Å². The van der Waals surface area contributed by atoms with E-state index in [4.69, 9.17) is 0 Å². The van der Waals surface area contributed by atoms with Gasteiger partial charge >= 0.3 is 0 Å². The zero-order valence-electron chi connectivity index (χ0n) is 15.0. The summed E-state index contributed by atoms with van der Waals surface area (Å²) < 4.78 is 22.9. The number of aromatic nitrogens is 1. The zero-order valence-corrected chi connectivity index (χ0v) is 19.0. The largest absolute Gasteiger partial charge is 0.357 e. The van der Waals surface area contributed by atoms with Gasteiger partial charge in [-0.2, -0.15) is 0 Å². The fourth-order valence-corrected chi connectivity index (χ4v) is 4.54. The number of aryl methyl sites for hydroxylation is 2. The molecule has 1 fully saturated rings.